The summed E-state index contributed by atoms with van der Waals surface area (Å²) in [5, 5.41) is 14.5. The average molecular weight is 654 g/mol. The molecule has 0 saturated heterocycles. The Labute approximate surface area is 289 Å². The van der Waals surface area contributed by atoms with E-state index in [1.54, 1.807) is 0 Å². The van der Waals surface area contributed by atoms with Gasteiger partial charge >= 0.3 is 0 Å². The SMILES string of the molecule is C=C[C@H](CCC(=O)NC1CCCCC1)[C@H]1CCC2C3CCC4C[C@@H](NCCCNCCCCNCCCN)CC[C@]4(C)C3CC[C@@]21C. The van der Waals surface area contributed by atoms with E-state index in [9.17, 15) is 4.79 Å². The summed E-state index contributed by atoms with van der Waals surface area (Å²) in [6, 6.07) is 1.14. The second kappa shape index (κ2) is 18.3. The average Bonchev–Trinajstić information content (AvgIpc) is 3.43. The van der Waals surface area contributed by atoms with Crippen LogP contribution < -0.4 is 27.0 Å². The van der Waals surface area contributed by atoms with Crippen LogP contribution in [0.15, 0.2) is 12.7 Å². The van der Waals surface area contributed by atoms with Crippen LogP contribution in [0, 0.1) is 46.3 Å². The van der Waals surface area contributed by atoms with Crippen molar-refractivity contribution >= 4 is 5.91 Å². The van der Waals surface area contributed by atoms with E-state index in [1.807, 2.05) is 0 Å². The highest BCUT2D eigenvalue weighted by atomic mass is 16.1. The molecule has 0 heterocycles. The van der Waals surface area contributed by atoms with Gasteiger partial charge in [0, 0.05) is 18.5 Å². The van der Waals surface area contributed by atoms with Gasteiger partial charge in [0.05, 0.1) is 0 Å². The Balaban J connectivity index is 1.02. The van der Waals surface area contributed by atoms with E-state index < -0.39 is 0 Å². The number of hydrogen-bond donors (Lipinski definition) is 5. The molecule has 270 valence electrons. The number of nitrogens with one attached hydrogen (secondary N) is 4. The molecule has 0 bridgehead atoms. The first-order valence-electron chi connectivity index (χ1n) is 20.7. The van der Waals surface area contributed by atoms with Crippen LogP contribution in [0.3, 0.4) is 0 Å². The van der Waals surface area contributed by atoms with Crippen molar-refractivity contribution in [2.45, 2.75) is 154 Å². The van der Waals surface area contributed by atoms with Gasteiger partial charge in [0.1, 0.15) is 0 Å². The summed E-state index contributed by atoms with van der Waals surface area (Å²) >= 11 is 0. The number of carbonyl (C=O) groups excluding carboxylic acids is 1. The van der Waals surface area contributed by atoms with Crippen LogP contribution in [-0.2, 0) is 4.79 Å². The van der Waals surface area contributed by atoms with Crippen LogP contribution in [-0.4, -0.2) is 57.3 Å². The minimum atomic E-state index is 0.286. The van der Waals surface area contributed by atoms with Crippen LogP contribution in [0.2, 0.25) is 0 Å². The molecule has 0 spiro atoms. The fourth-order valence-corrected chi connectivity index (χ4v) is 12.0. The first-order chi connectivity index (χ1) is 22.9. The van der Waals surface area contributed by atoms with Crippen molar-refractivity contribution in [2.24, 2.45) is 52.1 Å². The van der Waals surface area contributed by atoms with Crippen LogP contribution in [0.4, 0.5) is 0 Å². The molecule has 6 nitrogen and oxygen atoms in total. The number of fused-ring (bicyclic) bond motifs is 5. The molecule has 5 saturated carbocycles. The lowest BCUT2D eigenvalue weighted by Gasteiger charge is -2.61. The van der Waals surface area contributed by atoms with Gasteiger partial charge < -0.3 is 27.0 Å². The van der Waals surface area contributed by atoms with Gasteiger partial charge in [-0.15, -0.1) is 6.58 Å². The molecule has 47 heavy (non-hydrogen) atoms. The molecule has 0 aromatic heterocycles. The number of amides is 1. The summed E-state index contributed by atoms with van der Waals surface area (Å²) in [4.78, 5) is 12.9. The lowest BCUT2D eigenvalue weighted by Crippen LogP contribution is -2.55. The van der Waals surface area contributed by atoms with Gasteiger partial charge in [0.15, 0.2) is 0 Å². The van der Waals surface area contributed by atoms with Gasteiger partial charge in [-0.2, -0.15) is 0 Å². The lowest BCUT2D eigenvalue weighted by molar-refractivity contribution is -0.123. The third-order valence-electron chi connectivity index (χ3n) is 14.7. The van der Waals surface area contributed by atoms with Crippen molar-refractivity contribution in [1.82, 2.24) is 21.3 Å². The fourth-order valence-electron chi connectivity index (χ4n) is 12.0. The van der Waals surface area contributed by atoms with E-state index in [0.717, 1.165) is 81.8 Å². The van der Waals surface area contributed by atoms with Gasteiger partial charge in [-0.1, -0.05) is 39.2 Å². The Morgan fingerprint density at radius 1 is 0.787 bits per heavy atom. The van der Waals surface area contributed by atoms with Crippen molar-refractivity contribution in [2.75, 3.05) is 39.3 Å². The highest BCUT2D eigenvalue weighted by Crippen LogP contribution is 2.68. The zero-order chi connectivity index (χ0) is 33.1. The molecule has 6 heteroatoms. The second-order valence-corrected chi connectivity index (χ2v) is 17.4. The predicted octanol–water partition coefficient (Wildman–Crippen LogP) is 7.33. The minimum absolute atomic E-state index is 0.286. The molecule has 5 rings (SSSR count). The summed E-state index contributed by atoms with van der Waals surface area (Å²) in [6.07, 6.45) is 27.6. The minimum Gasteiger partial charge on any atom is -0.353 e. The number of hydrogen-bond acceptors (Lipinski definition) is 5. The normalized spacial score (nSPS) is 36.2. The van der Waals surface area contributed by atoms with E-state index >= 15 is 0 Å². The van der Waals surface area contributed by atoms with Gasteiger partial charge in [0.2, 0.25) is 5.91 Å². The predicted molar refractivity (Wildman–Crippen MR) is 198 cm³/mol. The van der Waals surface area contributed by atoms with E-state index in [1.165, 1.54) is 109 Å². The van der Waals surface area contributed by atoms with Crippen molar-refractivity contribution in [3.63, 3.8) is 0 Å². The summed E-state index contributed by atoms with van der Waals surface area (Å²) in [5.41, 5.74) is 6.52. The van der Waals surface area contributed by atoms with E-state index in [2.05, 4.69) is 47.8 Å². The topological polar surface area (TPSA) is 91.2 Å². The van der Waals surface area contributed by atoms with Gasteiger partial charge in [-0.3, -0.25) is 4.79 Å². The maximum Gasteiger partial charge on any atom is 0.220 e. The maximum absolute atomic E-state index is 12.9. The molecular formula is C41H75N5O. The first kappa shape index (κ1) is 37.3. The number of nitrogens with two attached hydrogens (primary N) is 1. The molecule has 0 aromatic carbocycles. The van der Waals surface area contributed by atoms with Crippen molar-refractivity contribution in [3.05, 3.63) is 12.7 Å². The third-order valence-corrected chi connectivity index (χ3v) is 14.7. The lowest BCUT2D eigenvalue weighted by atomic mass is 9.44. The summed E-state index contributed by atoms with van der Waals surface area (Å²) in [5.74, 6) is 5.08. The van der Waals surface area contributed by atoms with E-state index in [-0.39, 0.29) is 5.91 Å². The van der Waals surface area contributed by atoms with Gasteiger partial charge in [0.25, 0.3) is 0 Å². The van der Waals surface area contributed by atoms with E-state index in [4.69, 9.17) is 5.73 Å². The molecule has 1 amide bonds. The molecule has 9 atom stereocenters. The molecule has 5 aliphatic carbocycles. The van der Waals surface area contributed by atoms with Crippen LogP contribution in [0.1, 0.15) is 142 Å². The van der Waals surface area contributed by atoms with Crippen molar-refractivity contribution in [3.8, 4) is 0 Å². The molecule has 6 N–H and O–H groups in total. The first-order valence-corrected chi connectivity index (χ1v) is 20.7. The smallest absolute Gasteiger partial charge is 0.220 e. The molecule has 0 aliphatic heterocycles. The summed E-state index contributed by atoms with van der Waals surface area (Å²) in [6.45, 7) is 16.1. The highest BCUT2D eigenvalue weighted by molar-refractivity contribution is 5.76. The van der Waals surface area contributed by atoms with Crippen molar-refractivity contribution in [1.29, 1.82) is 0 Å². The zero-order valence-corrected chi connectivity index (χ0v) is 30.8. The van der Waals surface area contributed by atoms with Crippen molar-refractivity contribution < 1.29 is 4.79 Å². The standard InChI is InChI=1S/C41H75N5O/c1-4-31(14-19-39(47)46-33-12-6-5-7-13-33)36-17-18-37-35-16-15-32-30-34(20-22-40(32,2)38(35)21-23-41(36,37)3)45-29-11-28-44-26-9-8-25-43-27-10-24-42/h4,31-38,43-45H,1,5-30,42H2,2-3H3,(H,46,47)/t31-,32?,34+,35?,36-,37?,38?,40+,41-/m1/s1. The van der Waals surface area contributed by atoms with Gasteiger partial charge in [-0.25, -0.2) is 0 Å². The van der Waals surface area contributed by atoms with Crippen LogP contribution in [0.25, 0.3) is 0 Å². The molecule has 0 radical (unpaired) electrons. The molecule has 5 aliphatic rings. The number of rotatable bonds is 19. The van der Waals surface area contributed by atoms with E-state index in [0.29, 0.717) is 35.1 Å². The van der Waals surface area contributed by atoms with Crippen LogP contribution >= 0.6 is 0 Å². The Morgan fingerprint density at radius 2 is 1.49 bits per heavy atom. The number of carbonyl (C=O) groups is 1. The molecule has 5 fully saturated rings. The molecular weight excluding hydrogens is 578 g/mol. The Kier molecular flexibility index (Phi) is 14.6. The highest BCUT2D eigenvalue weighted by Gasteiger charge is 2.60. The monoisotopic (exact) mass is 654 g/mol. The Bertz CT molecular complexity index is 952. The zero-order valence-electron chi connectivity index (χ0n) is 30.8. The molecule has 0 aromatic rings. The molecule has 4 unspecified atom stereocenters. The second-order valence-electron chi connectivity index (χ2n) is 17.4. The number of allylic oxidation sites excluding steroid dienone is 1. The number of unbranched alkanes of at least 4 members (excludes halogenated alkanes) is 1. The van der Waals surface area contributed by atoms with Crippen LogP contribution in [0.5, 0.6) is 0 Å². The maximum atomic E-state index is 12.9. The Morgan fingerprint density at radius 3 is 2.23 bits per heavy atom. The summed E-state index contributed by atoms with van der Waals surface area (Å²) < 4.78 is 0. The fraction of sp³-hybridized carbons (Fsp3) is 0.927. The largest absolute Gasteiger partial charge is 0.353 e. The quantitative estimate of drug-likeness (QED) is 0.0744. The summed E-state index contributed by atoms with van der Waals surface area (Å²) in [7, 11) is 0. The van der Waals surface area contributed by atoms with Gasteiger partial charge in [-0.05, 0) is 188 Å². The Hall–Kier alpha value is -0.950. The third kappa shape index (κ3) is 9.44.